The minimum atomic E-state index is -3.50. The molecule has 0 N–H and O–H groups in total. The maximum atomic E-state index is 13.0. The van der Waals surface area contributed by atoms with E-state index in [-0.39, 0.29) is 17.2 Å². The van der Waals surface area contributed by atoms with Gasteiger partial charge in [-0.3, -0.25) is 4.79 Å². The van der Waals surface area contributed by atoms with Crippen molar-refractivity contribution in [3.05, 3.63) is 30.3 Å². The first-order valence-corrected chi connectivity index (χ1v) is 11.8. The van der Waals surface area contributed by atoms with Gasteiger partial charge in [0.05, 0.1) is 17.8 Å². The van der Waals surface area contributed by atoms with Gasteiger partial charge in [0, 0.05) is 6.42 Å². The number of sulfone groups is 1. The highest BCUT2D eigenvalue weighted by Crippen LogP contribution is 2.42. The second-order valence-electron chi connectivity index (χ2n) is 7.22. The molecule has 0 heterocycles. The number of hydrogen-bond acceptors (Lipinski definition) is 3. The smallest absolute Gasteiger partial charge is 0.179 e. The fourth-order valence-corrected chi connectivity index (χ4v) is 9.93. The van der Waals surface area contributed by atoms with Crippen LogP contribution >= 0.6 is 0 Å². The summed E-state index contributed by atoms with van der Waals surface area (Å²) in [5.74, 6) is -0.0654. The van der Waals surface area contributed by atoms with Crippen molar-refractivity contribution in [2.45, 2.75) is 62.0 Å². The molecule has 0 aliphatic heterocycles. The third kappa shape index (κ3) is 3.83. The largest absolute Gasteiger partial charge is 0.300 e. The quantitative estimate of drug-likeness (QED) is 0.772. The molecular weight excluding hydrogens is 300 g/mol. The molecule has 21 heavy (non-hydrogen) atoms. The molecule has 5 heteroatoms. The van der Waals surface area contributed by atoms with Gasteiger partial charge in [0.1, 0.15) is 5.78 Å². The zero-order valence-corrected chi connectivity index (χ0v) is 15.6. The number of Topliss-reactive ketones (excluding diaryl/α,β-unsaturated/α-hetero) is 1. The first kappa shape index (κ1) is 18.1. The van der Waals surface area contributed by atoms with Crippen LogP contribution in [-0.2, 0) is 14.6 Å². The summed E-state index contributed by atoms with van der Waals surface area (Å²) in [6.07, 6.45) is 0.105. The summed E-state index contributed by atoms with van der Waals surface area (Å²) in [4.78, 5) is 11.4. The summed E-state index contributed by atoms with van der Waals surface area (Å²) < 4.78 is 26.1. The molecule has 0 radical (unpaired) electrons. The van der Waals surface area contributed by atoms with E-state index in [9.17, 15) is 13.2 Å². The molecular formula is C16H26O3SSi. The van der Waals surface area contributed by atoms with Crippen molar-refractivity contribution in [1.29, 1.82) is 0 Å². The Bertz CT molecular complexity index is 598. The Kier molecular flexibility index (Phi) is 5.21. The Hall–Kier alpha value is -0.943. The maximum Gasteiger partial charge on any atom is 0.179 e. The predicted octanol–water partition coefficient (Wildman–Crippen LogP) is 3.86. The Labute approximate surface area is 129 Å². The molecule has 0 saturated heterocycles. The summed E-state index contributed by atoms with van der Waals surface area (Å²) in [5, 5.41) is -0.102. The lowest BCUT2D eigenvalue weighted by molar-refractivity contribution is -0.116. The van der Waals surface area contributed by atoms with Crippen LogP contribution in [0.4, 0.5) is 0 Å². The van der Waals surface area contributed by atoms with E-state index < -0.39 is 22.8 Å². The molecule has 0 aliphatic carbocycles. The molecule has 0 spiro atoms. The van der Waals surface area contributed by atoms with E-state index in [0.29, 0.717) is 4.90 Å². The van der Waals surface area contributed by atoms with Crippen molar-refractivity contribution in [3.8, 4) is 0 Å². The Morgan fingerprint density at radius 2 is 1.62 bits per heavy atom. The van der Waals surface area contributed by atoms with Crippen molar-refractivity contribution >= 4 is 23.7 Å². The minimum absolute atomic E-state index is 0.0654. The first-order chi connectivity index (χ1) is 9.40. The van der Waals surface area contributed by atoms with Gasteiger partial charge < -0.3 is 0 Å². The molecule has 3 nitrogen and oxygen atoms in total. The summed E-state index contributed by atoms with van der Waals surface area (Å²) in [7, 11) is -5.72. The fraction of sp³-hybridized carbons (Fsp3) is 0.562. The second kappa shape index (κ2) is 6.05. The van der Waals surface area contributed by atoms with Crippen molar-refractivity contribution < 1.29 is 13.2 Å². The molecule has 0 amide bonds. The molecule has 0 fully saturated rings. The van der Waals surface area contributed by atoms with Crippen LogP contribution in [0, 0.1) is 0 Å². The minimum Gasteiger partial charge on any atom is -0.300 e. The van der Waals surface area contributed by atoms with Crippen molar-refractivity contribution in [2.75, 3.05) is 0 Å². The monoisotopic (exact) mass is 326 g/mol. The van der Waals surface area contributed by atoms with Crippen LogP contribution < -0.4 is 0 Å². The highest BCUT2D eigenvalue weighted by atomic mass is 32.2. The number of benzene rings is 1. The number of hydrogen-bond donors (Lipinski definition) is 0. The summed E-state index contributed by atoms with van der Waals surface area (Å²) in [6, 6.07) is 8.49. The van der Waals surface area contributed by atoms with E-state index in [4.69, 9.17) is 0 Å². The van der Waals surface area contributed by atoms with Gasteiger partial charge in [0.25, 0.3) is 0 Å². The van der Waals surface area contributed by atoms with Gasteiger partial charge in [-0.05, 0) is 24.1 Å². The van der Waals surface area contributed by atoms with Crippen LogP contribution in [0.3, 0.4) is 0 Å². The van der Waals surface area contributed by atoms with Crippen LogP contribution in [0.1, 0.15) is 34.1 Å². The van der Waals surface area contributed by atoms with Crippen LogP contribution in [-0.4, -0.2) is 27.1 Å². The number of carbonyl (C=O) groups excluding carboxylic acids is 1. The fourth-order valence-electron chi connectivity index (χ4n) is 2.27. The highest BCUT2D eigenvalue weighted by molar-refractivity contribution is 7.94. The van der Waals surface area contributed by atoms with Crippen LogP contribution in [0.5, 0.6) is 0 Å². The van der Waals surface area contributed by atoms with Crippen LogP contribution in [0.2, 0.25) is 18.1 Å². The molecule has 1 unspecified atom stereocenters. The standard InChI is InChI=1S/C16H26O3SSi/c1-13(17)12-15(21(5,6)16(2,3)4)20(18,19)14-10-8-7-9-11-14/h7-11,15H,12H2,1-6H3. The van der Waals surface area contributed by atoms with Crippen LogP contribution in [0.15, 0.2) is 35.2 Å². The first-order valence-electron chi connectivity index (χ1n) is 7.19. The zero-order valence-electron chi connectivity index (χ0n) is 13.8. The van der Waals surface area contributed by atoms with Gasteiger partial charge >= 0.3 is 0 Å². The maximum absolute atomic E-state index is 13.0. The second-order valence-corrected chi connectivity index (χ2v) is 15.4. The molecule has 0 aliphatic rings. The Morgan fingerprint density at radius 1 is 1.14 bits per heavy atom. The highest BCUT2D eigenvalue weighted by Gasteiger charge is 2.49. The van der Waals surface area contributed by atoms with Gasteiger partial charge in [0.2, 0.25) is 0 Å². The van der Waals surface area contributed by atoms with Gasteiger partial charge in [-0.15, -0.1) is 0 Å². The molecule has 0 bridgehead atoms. The topological polar surface area (TPSA) is 51.2 Å². The molecule has 1 aromatic carbocycles. The molecule has 0 saturated carbocycles. The molecule has 0 aromatic heterocycles. The summed E-state index contributed by atoms with van der Waals surface area (Å²) in [6.45, 7) is 11.8. The molecule has 1 rings (SSSR count). The predicted molar refractivity (Wildman–Crippen MR) is 89.9 cm³/mol. The van der Waals surface area contributed by atoms with Crippen molar-refractivity contribution in [1.82, 2.24) is 0 Å². The van der Waals surface area contributed by atoms with E-state index in [1.165, 1.54) is 6.92 Å². The van der Waals surface area contributed by atoms with Gasteiger partial charge in [-0.2, -0.15) is 0 Å². The van der Waals surface area contributed by atoms with E-state index >= 15 is 0 Å². The summed E-state index contributed by atoms with van der Waals surface area (Å²) >= 11 is 0. The number of ketones is 1. The van der Waals surface area contributed by atoms with E-state index in [0.717, 1.165) is 0 Å². The normalized spacial score (nSPS) is 14.8. The Morgan fingerprint density at radius 3 is 2.00 bits per heavy atom. The average molecular weight is 327 g/mol. The third-order valence-corrected chi connectivity index (χ3v) is 14.9. The molecule has 118 valence electrons. The van der Waals surface area contributed by atoms with E-state index in [1.54, 1.807) is 30.3 Å². The average Bonchev–Trinajstić information content (AvgIpc) is 2.35. The lowest BCUT2D eigenvalue weighted by Crippen LogP contribution is -2.53. The summed E-state index contributed by atoms with van der Waals surface area (Å²) in [5.41, 5.74) is 0. The van der Waals surface area contributed by atoms with Gasteiger partial charge in [-0.1, -0.05) is 52.1 Å². The molecule has 1 aromatic rings. The number of rotatable bonds is 5. The Balaban J connectivity index is 3.43. The molecule has 1 atom stereocenters. The number of carbonyl (C=O) groups is 1. The lowest BCUT2D eigenvalue weighted by Gasteiger charge is -2.42. The van der Waals surface area contributed by atoms with Gasteiger partial charge in [-0.25, -0.2) is 8.42 Å². The van der Waals surface area contributed by atoms with Crippen LogP contribution in [0.25, 0.3) is 0 Å². The van der Waals surface area contributed by atoms with E-state index in [2.05, 4.69) is 33.9 Å². The lowest BCUT2D eigenvalue weighted by atomic mass is 10.2. The van der Waals surface area contributed by atoms with Crippen molar-refractivity contribution in [3.63, 3.8) is 0 Å². The third-order valence-electron chi connectivity index (χ3n) is 4.66. The zero-order chi connectivity index (χ0) is 16.5. The SMILES string of the molecule is CC(=O)CC([Si](C)(C)C(C)(C)C)S(=O)(=O)c1ccccc1. The van der Waals surface area contributed by atoms with E-state index in [1.807, 2.05) is 0 Å². The van der Waals surface area contributed by atoms with Crippen molar-refractivity contribution in [2.24, 2.45) is 0 Å². The van der Waals surface area contributed by atoms with Gasteiger partial charge in [0.15, 0.2) is 9.84 Å².